The standard InChI is InChI=1S/C11H9NO3/c13-11-7-3-5-9(11)8-4-1-2-6-10(8)12(14)15/h1-2,4-6H,3,7H2. The van der Waals surface area contributed by atoms with E-state index >= 15 is 0 Å². The van der Waals surface area contributed by atoms with Crippen molar-refractivity contribution < 1.29 is 9.72 Å². The van der Waals surface area contributed by atoms with Crippen molar-refractivity contribution >= 4 is 17.0 Å². The van der Waals surface area contributed by atoms with Crippen LogP contribution in [0, 0.1) is 10.1 Å². The van der Waals surface area contributed by atoms with Gasteiger partial charge in [0.05, 0.1) is 10.5 Å². The molecule has 0 saturated carbocycles. The number of rotatable bonds is 2. The fraction of sp³-hybridized carbons (Fsp3) is 0.182. The van der Waals surface area contributed by atoms with Gasteiger partial charge in [-0.3, -0.25) is 14.9 Å². The molecule has 4 heteroatoms. The second kappa shape index (κ2) is 3.65. The van der Waals surface area contributed by atoms with Crippen molar-refractivity contribution in [1.29, 1.82) is 0 Å². The van der Waals surface area contributed by atoms with Gasteiger partial charge >= 0.3 is 0 Å². The van der Waals surface area contributed by atoms with Crippen LogP contribution in [0.25, 0.3) is 5.57 Å². The molecule has 76 valence electrons. The van der Waals surface area contributed by atoms with Gasteiger partial charge in [-0.25, -0.2) is 0 Å². The molecule has 0 spiro atoms. The van der Waals surface area contributed by atoms with Crippen LogP contribution in [0.5, 0.6) is 0 Å². The molecule has 1 aromatic carbocycles. The lowest BCUT2D eigenvalue weighted by Crippen LogP contribution is -1.99. The molecule has 1 aromatic rings. The molecule has 0 atom stereocenters. The number of nitrogens with zero attached hydrogens (tertiary/aromatic N) is 1. The average Bonchev–Trinajstić information content (AvgIpc) is 2.64. The number of carbonyl (C=O) groups excluding carboxylic acids is 1. The topological polar surface area (TPSA) is 60.2 Å². The molecule has 0 aliphatic heterocycles. The molecule has 2 rings (SSSR count). The lowest BCUT2D eigenvalue weighted by molar-refractivity contribution is -0.385. The van der Waals surface area contributed by atoms with Gasteiger partial charge in [0.2, 0.25) is 0 Å². The van der Waals surface area contributed by atoms with Crippen LogP contribution >= 0.6 is 0 Å². The smallest absolute Gasteiger partial charge is 0.277 e. The number of ketones is 1. The minimum Gasteiger partial charge on any atom is -0.294 e. The van der Waals surface area contributed by atoms with Gasteiger partial charge in [-0.05, 0) is 12.5 Å². The molecule has 0 amide bonds. The van der Waals surface area contributed by atoms with Crippen molar-refractivity contribution in [3.05, 3.63) is 46.0 Å². The third kappa shape index (κ3) is 1.66. The summed E-state index contributed by atoms with van der Waals surface area (Å²) in [6.45, 7) is 0. The van der Waals surface area contributed by atoms with Crippen molar-refractivity contribution in [3.8, 4) is 0 Å². The van der Waals surface area contributed by atoms with Crippen molar-refractivity contribution in [2.45, 2.75) is 12.8 Å². The fourth-order valence-electron chi connectivity index (χ4n) is 1.72. The van der Waals surface area contributed by atoms with E-state index in [9.17, 15) is 14.9 Å². The first-order valence-electron chi connectivity index (χ1n) is 4.67. The van der Waals surface area contributed by atoms with E-state index in [1.54, 1.807) is 24.3 Å². The van der Waals surface area contributed by atoms with Crippen LogP contribution < -0.4 is 0 Å². The maximum atomic E-state index is 11.5. The van der Waals surface area contributed by atoms with Crippen LogP contribution in [0.4, 0.5) is 5.69 Å². The SMILES string of the molecule is O=C1CCC=C1c1ccccc1[N+](=O)[O-]. The van der Waals surface area contributed by atoms with E-state index in [0.29, 0.717) is 24.0 Å². The Hall–Kier alpha value is -1.97. The van der Waals surface area contributed by atoms with Crippen LogP contribution in [0.2, 0.25) is 0 Å². The second-order valence-electron chi connectivity index (χ2n) is 3.35. The third-order valence-corrected chi connectivity index (χ3v) is 2.41. The molecule has 15 heavy (non-hydrogen) atoms. The summed E-state index contributed by atoms with van der Waals surface area (Å²) in [5, 5.41) is 10.8. The number of nitro groups is 1. The number of nitro benzene ring substituents is 1. The zero-order valence-electron chi connectivity index (χ0n) is 7.97. The molecular weight excluding hydrogens is 194 g/mol. The van der Waals surface area contributed by atoms with Crippen LogP contribution in [0.3, 0.4) is 0 Å². The van der Waals surface area contributed by atoms with Crippen LogP contribution in [0.1, 0.15) is 18.4 Å². The Morgan fingerprint density at radius 3 is 2.60 bits per heavy atom. The molecule has 0 heterocycles. The van der Waals surface area contributed by atoms with Gasteiger partial charge in [0.1, 0.15) is 0 Å². The first kappa shape index (κ1) is 9.58. The minimum absolute atomic E-state index is 0.000926. The van der Waals surface area contributed by atoms with Crippen LogP contribution in [-0.2, 0) is 4.79 Å². The van der Waals surface area contributed by atoms with Crippen molar-refractivity contribution in [3.63, 3.8) is 0 Å². The Kier molecular flexibility index (Phi) is 2.33. The summed E-state index contributed by atoms with van der Waals surface area (Å²) in [4.78, 5) is 21.8. The van der Waals surface area contributed by atoms with E-state index in [-0.39, 0.29) is 11.5 Å². The maximum absolute atomic E-state index is 11.5. The molecule has 1 aliphatic rings. The Morgan fingerprint density at radius 2 is 2.00 bits per heavy atom. The molecule has 0 N–H and O–H groups in total. The highest BCUT2D eigenvalue weighted by atomic mass is 16.6. The Labute approximate surface area is 86.4 Å². The van der Waals surface area contributed by atoms with Gasteiger partial charge in [-0.2, -0.15) is 0 Å². The molecule has 0 radical (unpaired) electrons. The van der Waals surface area contributed by atoms with Crippen molar-refractivity contribution in [1.82, 2.24) is 0 Å². The number of carbonyl (C=O) groups is 1. The van der Waals surface area contributed by atoms with E-state index in [1.165, 1.54) is 6.07 Å². The summed E-state index contributed by atoms with van der Waals surface area (Å²) in [5.74, 6) is -0.00991. The summed E-state index contributed by atoms with van der Waals surface area (Å²) in [6, 6.07) is 6.34. The van der Waals surface area contributed by atoms with Gasteiger partial charge in [0, 0.05) is 18.1 Å². The third-order valence-electron chi connectivity index (χ3n) is 2.41. The van der Waals surface area contributed by atoms with Crippen molar-refractivity contribution in [2.24, 2.45) is 0 Å². The average molecular weight is 203 g/mol. The summed E-state index contributed by atoms with van der Waals surface area (Å²) < 4.78 is 0. The summed E-state index contributed by atoms with van der Waals surface area (Å²) in [7, 11) is 0. The largest absolute Gasteiger partial charge is 0.294 e. The number of para-hydroxylation sites is 1. The van der Waals surface area contributed by atoms with Gasteiger partial charge in [0.15, 0.2) is 5.78 Å². The predicted octanol–water partition coefficient (Wildman–Crippen LogP) is 2.34. The lowest BCUT2D eigenvalue weighted by Gasteiger charge is -2.01. The summed E-state index contributed by atoms with van der Waals surface area (Å²) in [6.07, 6.45) is 2.91. The van der Waals surface area contributed by atoms with Gasteiger partial charge < -0.3 is 0 Å². The number of Topliss-reactive ketones (excluding diaryl/α,β-unsaturated/α-hetero) is 1. The number of benzene rings is 1. The highest BCUT2D eigenvalue weighted by Gasteiger charge is 2.23. The molecule has 0 aromatic heterocycles. The Balaban J connectivity index is 2.52. The van der Waals surface area contributed by atoms with Crippen LogP contribution in [0.15, 0.2) is 30.3 Å². The van der Waals surface area contributed by atoms with E-state index in [1.807, 2.05) is 0 Å². The zero-order chi connectivity index (χ0) is 10.8. The first-order valence-corrected chi connectivity index (χ1v) is 4.67. The maximum Gasteiger partial charge on any atom is 0.277 e. The fourth-order valence-corrected chi connectivity index (χ4v) is 1.72. The zero-order valence-corrected chi connectivity index (χ0v) is 7.97. The van der Waals surface area contributed by atoms with Crippen LogP contribution in [-0.4, -0.2) is 10.7 Å². The Bertz CT molecular complexity index is 463. The van der Waals surface area contributed by atoms with E-state index < -0.39 is 4.92 Å². The van der Waals surface area contributed by atoms with E-state index in [2.05, 4.69) is 0 Å². The molecule has 0 fully saturated rings. The minimum atomic E-state index is -0.457. The highest BCUT2D eigenvalue weighted by Crippen LogP contribution is 2.30. The van der Waals surface area contributed by atoms with Gasteiger partial charge in [-0.1, -0.05) is 18.2 Å². The molecule has 0 saturated heterocycles. The van der Waals surface area contributed by atoms with Gasteiger partial charge in [0.25, 0.3) is 5.69 Å². The molecular formula is C11H9NO3. The number of allylic oxidation sites excluding steroid dienone is 2. The Morgan fingerprint density at radius 1 is 1.27 bits per heavy atom. The van der Waals surface area contributed by atoms with E-state index in [4.69, 9.17) is 0 Å². The summed E-state index contributed by atoms with van der Waals surface area (Å²) >= 11 is 0. The normalized spacial score (nSPS) is 15.2. The number of hydrogen-bond acceptors (Lipinski definition) is 3. The summed E-state index contributed by atoms with van der Waals surface area (Å²) in [5.41, 5.74) is 0.923. The number of hydrogen-bond donors (Lipinski definition) is 0. The molecule has 4 nitrogen and oxygen atoms in total. The van der Waals surface area contributed by atoms with Gasteiger partial charge in [-0.15, -0.1) is 0 Å². The quantitative estimate of drug-likeness (QED) is 0.547. The highest BCUT2D eigenvalue weighted by molar-refractivity contribution is 6.23. The predicted molar refractivity (Wildman–Crippen MR) is 55.3 cm³/mol. The van der Waals surface area contributed by atoms with E-state index in [0.717, 1.165) is 0 Å². The lowest BCUT2D eigenvalue weighted by atomic mass is 10.0. The molecule has 1 aliphatic carbocycles. The second-order valence-corrected chi connectivity index (χ2v) is 3.35. The monoisotopic (exact) mass is 203 g/mol. The van der Waals surface area contributed by atoms with Crippen molar-refractivity contribution in [2.75, 3.05) is 0 Å². The first-order chi connectivity index (χ1) is 7.20. The molecule has 0 unspecified atom stereocenters. The molecule has 0 bridgehead atoms.